The molecule has 2 atom stereocenters. The second-order valence-corrected chi connectivity index (χ2v) is 3.21. The summed E-state index contributed by atoms with van der Waals surface area (Å²) >= 11 is 0. The first-order chi connectivity index (χ1) is 6.61. The molecule has 80 valence electrons. The number of nitrogens with one attached hydrogen (secondary N) is 2. The van der Waals surface area contributed by atoms with Crippen molar-refractivity contribution in [3.05, 3.63) is 0 Å². The molecular weight excluding hydrogens is 186 g/mol. The quantitative estimate of drug-likeness (QED) is 0.490. The predicted molar refractivity (Wildman–Crippen MR) is 49.4 cm³/mol. The Labute approximate surface area is 82.2 Å². The number of ether oxygens (including phenoxy) is 1. The Hall–Kier alpha value is -1.14. The number of hydrogen-bond donors (Lipinski definition) is 3. The van der Waals surface area contributed by atoms with Gasteiger partial charge in [0.25, 0.3) is 0 Å². The van der Waals surface area contributed by atoms with Gasteiger partial charge in [-0.3, -0.25) is 9.59 Å². The summed E-state index contributed by atoms with van der Waals surface area (Å²) in [5, 5.41) is 5.47. The molecule has 14 heavy (non-hydrogen) atoms. The summed E-state index contributed by atoms with van der Waals surface area (Å²) in [6.45, 7) is 3.12. The summed E-state index contributed by atoms with van der Waals surface area (Å²) in [5.74, 6) is -0.800. The third-order valence-corrected chi connectivity index (χ3v) is 2.02. The van der Waals surface area contributed by atoms with Gasteiger partial charge >= 0.3 is 0 Å². The van der Waals surface area contributed by atoms with E-state index in [4.69, 9.17) is 10.5 Å². The molecule has 6 heteroatoms. The molecule has 6 nitrogen and oxygen atoms in total. The SMILES string of the molecule is C[C@H](NC(=O)C1COCCN1)C(N)=O. The van der Waals surface area contributed by atoms with E-state index in [0.717, 1.165) is 0 Å². The molecule has 1 aliphatic heterocycles. The van der Waals surface area contributed by atoms with Crippen LogP contribution in [0.1, 0.15) is 6.92 Å². The Morgan fingerprint density at radius 1 is 1.64 bits per heavy atom. The van der Waals surface area contributed by atoms with E-state index < -0.39 is 11.9 Å². The fraction of sp³-hybridized carbons (Fsp3) is 0.750. The van der Waals surface area contributed by atoms with E-state index in [1.807, 2.05) is 0 Å². The smallest absolute Gasteiger partial charge is 0.240 e. The maximum Gasteiger partial charge on any atom is 0.240 e. The summed E-state index contributed by atoms with van der Waals surface area (Å²) in [7, 11) is 0. The highest BCUT2D eigenvalue weighted by molar-refractivity contribution is 5.88. The normalized spacial score (nSPS) is 23.9. The molecule has 0 radical (unpaired) electrons. The van der Waals surface area contributed by atoms with Crippen LogP contribution in [0.3, 0.4) is 0 Å². The topological polar surface area (TPSA) is 93.4 Å². The van der Waals surface area contributed by atoms with Crippen LogP contribution in [0, 0.1) is 0 Å². The van der Waals surface area contributed by atoms with Crippen LogP contribution in [-0.2, 0) is 14.3 Å². The van der Waals surface area contributed by atoms with Crippen molar-refractivity contribution >= 4 is 11.8 Å². The Morgan fingerprint density at radius 2 is 2.36 bits per heavy atom. The van der Waals surface area contributed by atoms with Crippen molar-refractivity contribution in [1.29, 1.82) is 0 Å². The van der Waals surface area contributed by atoms with Gasteiger partial charge in [-0.15, -0.1) is 0 Å². The summed E-state index contributed by atoms with van der Waals surface area (Å²) < 4.78 is 5.11. The second kappa shape index (κ2) is 4.92. The van der Waals surface area contributed by atoms with E-state index >= 15 is 0 Å². The predicted octanol–water partition coefficient (Wildman–Crippen LogP) is -2.04. The van der Waals surface area contributed by atoms with Crippen LogP contribution in [-0.4, -0.2) is 43.7 Å². The van der Waals surface area contributed by atoms with Gasteiger partial charge in [-0.05, 0) is 6.92 Å². The van der Waals surface area contributed by atoms with Crippen LogP contribution < -0.4 is 16.4 Å². The lowest BCUT2D eigenvalue weighted by Gasteiger charge is -2.23. The highest BCUT2D eigenvalue weighted by atomic mass is 16.5. The lowest BCUT2D eigenvalue weighted by Crippen LogP contribution is -2.54. The van der Waals surface area contributed by atoms with Gasteiger partial charge in [0, 0.05) is 6.54 Å². The highest BCUT2D eigenvalue weighted by Crippen LogP contribution is 1.93. The number of rotatable bonds is 3. The molecule has 0 saturated carbocycles. The molecule has 0 spiro atoms. The van der Waals surface area contributed by atoms with Crippen LogP contribution in [0.4, 0.5) is 0 Å². The number of nitrogens with two attached hydrogens (primary N) is 1. The first-order valence-electron chi connectivity index (χ1n) is 4.52. The zero-order chi connectivity index (χ0) is 10.6. The molecule has 1 heterocycles. The van der Waals surface area contributed by atoms with Crippen molar-refractivity contribution in [2.75, 3.05) is 19.8 Å². The number of hydrogen-bond acceptors (Lipinski definition) is 4. The van der Waals surface area contributed by atoms with E-state index in [1.165, 1.54) is 0 Å². The van der Waals surface area contributed by atoms with Crippen LogP contribution in [0.15, 0.2) is 0 Å². The van der Waals surface area contributed by atoms with Gasteiger partial charge in [0.1, 0.15) is 12.1 Å². The molecule has 0 bridgehead atoms. The van der Waals surface area contributed by atoms with Crippen molar-refractivity contribution < 1.29 is 14.3 Å². The van der Waals surface area contributed by atoms with Crippen LogP contribution in [0.25, 0.3) is 0 Å². The van der Waals surface area contributed by atoms with E-state index in [0.29, 0.717) is 19.8 Å². The van der Waals surface area contributed by atoms with Crippen molar-refractivity contribution in [2.45, 2.75) is 19.0 Å². The fourth-order valence-electron chi connectivity index (χ4n) is 1.12. The molecular formula is C8H15N3O3. The average Bonchev–Trinajstić information content (AvgIpc) is 2.19. The lowest BCUT2D eigenvalue weighted by atomic mass is 10.2. The standard InChI is InChI=1S/C8H15N3O3/c1-5(7(9)12)11-8(13)6-4-14-3-2-10-6/h5-6,10H,2-4H2,1H3,(H2,9,12)(H,11,13)/t5-,6?/m0/s1. The number of carbonyl (C=O) groups excluding carboxylic acids is 2. The third-order valence-electron chi connectivity index (χ3n) is 2.02. The minimum atomic E-state index is -0.647. The minimum absolute atomic E-state index is 0.254. The van der Waals surface area contributed by atoms with Crippen LogP contribution >= 0.6 is 0 Å². The molecule has 1 rings (SSSR count). The molecule has 1 aliphatic rings. The number of primary amides is 1. The maximum atomic E-state index is 11.5. The molecule has 1 unspecified atom stereocenters. The van der Waals surface area contributed by atoms with Gasteiger partial charge in [-0.1, -0.05) is 0 Å². The van der Waals surface area contributed by atoms with Crippen molar-refractivity contribution in [3.8, 4) is 0 Å². The van der Waals surface area contributed by atoms with Crippen molar-refractivity contribution in [2.24, 2.45) is 5.73 Å². The zero-order valence-corrected chi connectivity index (χ0v) is 8.08. The summed E-state index contributed by atoms with van der Waals surface area (Å²) in [6, 6.07) is -1.03. The van der Waals surface area contributed by atoms with Gasteiger partial charge in [0.15, 0.2) is 0 Å². The first-order valence-corrected chi connectivity index (χ1v) is 4.52. The van der Waals surface area contributed by atoms with Gasteiger partial charge in [-0.25, -0.2) is 0 Å². The second-order valence-electron chi connectivity index (χ2n) is 3.21. The summed E-state index contributed by atoms with van der Waals surface area (Å²) in [5.41, 5.74) is 5.01. The third kappa shape index (κ3) is 2.97. The Bertz CT molecular complexity index is 226. The molecule has 0 aromatic heterocycles. The van der Waals surface area contributed by atoms with E-state index in [1.54, 1.807) is 6.92 Å². The lowest BCUT2D eigenvalue weighted by molar-refractivity contribution is -0.130. The van der Waals surface area contributed by atoms with Gasteiger partial charge < -0.3 is 21.1 Å². The highest BCUT2D eigenvalue weighted by Gasteiger charge is 2.23. The molecule has 0 aliphatic carbocycles. The number of morpholine rings is 1. The van der Waals surface area contributed by atoms with Crippen LogP contribution in [0.5, 0.6) is 0 Å². The summed E-state index contributed by atoms with van der Waals surface area (Å²) in [4.78, 5) is 22.1. The Kier molecular flexibility index (Phi) is 3.84. The Morgan fingerprint density at radius 3 is 2.86 bits per heavy atom. The van der Waals surface area contributed by atoms with Gasteiger partial charge in [-0.2, -0.15) is 0 Å². The Balaban J connectivity index is 2.36. The molecule has 2 amide bonds. The van der Waals surface area contributed by atoms with Crippen molar-refractivity contribution in [1.82, 2.24) is 10.6 Å². The average molecular weight is 201 g/mol. The molecule has 1 fully saturated rings. The first kappa shape index (κ1) is 10.9. The molecule has 1 saturated heterocycles. The zero-order valence-electron chi connectivity index (χ0n) is 8.08. The largest absolute Gasteiger partial charge is 0.378 e. The van der Waals surface area contributed by atoms with Crippen LogP contribution in [0.2, 0.25) is 0 Å². The van der Waals surface area contributed by atoms with Gasteiger partial charge in [0.2, 0.25) is 11.8 Å². The minimum Gasteiger partial charge on any atom is -0.378 e. The van der Waals surface area contributed by atoms with E-state index in [2.05, 4.69) is 10.6 Å². The van der Waals surface area contributed by atoms with E-state index in [9.17, 15) is 9.59 Å². The summed E-state index contributed by atoms with van der Waals surface area (Å²) in [6.07, 6.45) is 0. The van der Waals surface area contributed by atoms with Gasteiger partial charge in [0.05, 0.1) is 13.2 Å². The molecule has 0 aromatic rings. The molecule has 4 N–H and O–H groups in total. The number of amides is 2. The molecule has 0 aromatic carbocycles. The monoisotopic (exact) mass is 201 g/mol. The van der Waals surface area contributed by atoms with Crippen molar-refractivity contribution in [3.63, 3.8) is 0 Å². The number of carbonyl (C=O) groups is 2. The van der Waals surface area contributed by atoms with E-state index in [-0.39, 0.29) is 11.9 Å². The fourth-order valence-corrected chi connectivity index (χ4v) is 1.12. The maximum absolute atomic E-state index is 11.5.